The van der Waals surface area contributed by atoms with Crippen molar-refractivity contribution >= 4 is 17.7 Å². The van der Waals surface area contributed by atoms with Crippen LogP contribution in [0.4, 0.5) is 0 Å². The van der Waals surface area contributed by atoms with E-state index in [0.29, 0.717) is 29.9 Å². The van der Waals surface area contributed by atoms with Crippen LogP contribution in [0.25, 0.3) is 0 Å². The normalized spacial score (nSPS) is 29.9. The average Bonchev–Trinajstić information content (AvgIpc) is 3.36. The number of benzene rings is 1. The molecule has 1 aromatic carbocycles. The highest BCUT2D eigenvalue weighted by atomic mass is 16.7. The number of hydrogen-bond acceptors (Lipinski definition) is 8. The summed E-state index contributed by atoms with van der Waals surface area (Å²) in [5.41, 5.74) is 1.49. The van der Waals surface area contributed by atoms with Gasteiger partial charge in [0, 0.05) is 17.8 Å². The Morgan fingerprint density at radius 3 is 2.35 bits per heavy atom. The largest absolute Gasteiger partial charge is 0.479 e. The van der Waals surface area contributed by atoms with Gasteiger partial charge < -0.3 is 34.5 Å². The van der Waals surface area contributed by atoms with E-state index in [1.807, 2.05) is 0 Å². The second-order valence-electron chi connectivity index (χ2n) is 7.50. The second-order valence-corrected chi connectivity index (χ2v) is 7.50. The zero-order chi connectivity index (χ0) is 22.3. The van der Waals surface area contributed by atoms with Gasteiger partial charge in [0.2, 0.25) is 12.1 Å². The quantitative estimate of drug-likeness (QED) is 0.367. The lowest BCUT2D eigenvalue weighted by Gasteiger charge is -2.38. The van der Waals surface area contributed by atoms with Gasteiger partial charge in [-0.3, -0.25) is 9.59 Å². The highest BCUT2D eigenvalue weighted by Crippen LogP contribution is 2.33. The lowest BCUT2D eigenvalue weighted by atomic mass is 9.99. The molecule has 3 heterocycles. The molecule has 2 unspecified atom stereocenters. The number of fused-ring (bicyclic) bond motifs is 1. The third-order valence-electron chi connectivity index (χ3n) is 5.61. The standard InChI is InChI=1S/C21H21NO9/c23-14(10-4-2-1-3-5-10)13-7-6-12-11(8-9-22(12)13)20(29)31-21-17(26)15(24)16(25)18(30-21)19(27)28/h1-7,11,15-18,21,24-26H,8-9H2,(H,27,28)/t11?,15-,16-,17-,18?,21-/m1/s1. The highest BCUT2D eigenvalue weighted by molar-refractivity contribution is 6.08. The van der Waals surface area contributed by atoms with E-state index >= 15 is 0 Å². The van der Waals surface area contributed by atoms with Crippen LogP contribution in [0.5, 0.6) is 0 Å². The minimum Gasteiger partial charge on any atom is -0.479 e. The van der Waals surface area contributed by atoms with E-state index in [1.54, 1.807) is 47.0 Å². The summed E-state index contributed by atoms with van der Waals surface area (Å²) in [6.45, 7) is 0.392. The number of hydrogen-bond donors (Lipinski definition) is 4. The first-order chi connectivity index (χ1) is 14.8. The molecular formula is C21H21NO9. The maximum atomic E-state index is 12.8. The molecular weight excluding hydrogens is 410 g/mol. The van der Waals surface area contributed by atoms with E-state index in [-0.39, 0.29) is 5.78 Å². The van der Waals surface area contributed by atoms with Gasteiger partial charge in [0.25, 0.3) is 0 Å². The van der Waals surface area contributed by atoms with Crippen molar-refractivity contribution in [3.8, 4) is 0 Å². The fourth-order valence-electron chi connectivity index (χ4n) is 3.96. The Hall–Kier alpha value is -3.05. The Labute approximate surface area is 176 Å². The number of carbonyl (C=O) groups excluding carboxylic acids is 2. The van der Waals surface area contributed by atoms with Crippen LogP contribution >= 0.6 is 0 Å². The Kier molecular flexibility index (Phi) is 5.63. The summed E-state index contributed by atoms with van der Waals surface area (Å²) in [5.74, 6) is -3.32. The zero-order valence-electron chi connectivity index (χ0n) is 16.2. The number of carbonyl (C=O) groups is 3. The van der Waals surface area contributed by atoms with Crippen LogP contribution in [0.3, 0.4) is 0 Å². The van der Waals surface area contributed by atoms with Gasteiger partial charge in [-0.15, -0.1) is 0 Å². The van der Waals surface area contributed by atoms with Gasteiger partial charge in [0.1, 0.15) is 18.3 Å². The van der Waals surface area contributed by atoms with Crippen molar-refractivity contribution in [1.29, 1.82) is 0 Å². The molecule has 0 aliphatic carbocycles. The average molecular weight is 431 g/mol. The fourth-order valence-corrected chi connectivity index (χ4v) is 3.96. The Morgan fingerprint density at radius 2 is 1.68 bits per heavy atom. The highest BCUT2D eigenvalue weighted by Gasteiger charge is 2.49. The molecule has 0 bridgehead atoms. The van der Waals surface area contributed by atoms with E-state index in [4.69, 9.17) is 14.6 Å². The molecule has 2 aliphatic heterocycles. The van der Waals surface area contributed by atoms with Crippen molar-refractivity contribution in [3.63, 3.8) is 0 Å². The summed E-state index contributed by atoms with van der Waals surface area (Å²) >= 11 is 0. The third kappa shape index (κ3) is 3.74. The first kappa shape index (κ1) is 21.2. The first-order valence-electron chi connectivity index (χ1n) is 9.71. The minimum atomic E-state index is -1.88. The third-order valence-corrected chi connectivity index (χ3v) is 5.61. The monoisotopic (exact) mass is 431 g/mol. The molecule has 2 aliphatic rings. The molecule has 164 valence electrons. The van der Waals surface area contributed by atoms with Crippen LogP contribution in [0.2, 0.25) is 0 Å². The maximum absolute atomic E-state index is 12.8. The molecule has 1 fully saturated rings. The van der Waals surface area contributed by atoms with Crippen molar-refractivity contribution in [2.24, 2.45) is 0 Å². The molecule has 0 saturated carbocycles. The van der Waals surface area contributed by atoms with Crippen molar-refractivity contribution in [2.45, 2.75) is 49.6 Å². The van der Waals surface area contributed by atoms with Gasteiger partial charge in [-0.1, -0.05) is 30.3 Å². The van der Waals surface area contributed by atoms with Gasteiger partial charge >= 0.3 is 11.9 Å². The van der Waals surface area contributed by atoms with Gasteiger partial charge in [0.15, 0.2) is 6.10 Å². The smallest absolute Gasteiger partial charge is 0.335 e. The summed E-state index contributed by atoms with van der Waals surface area (Å²) in [5, 5.41) is 38.7. The molecule has 2 aromatic rings. The lowest BCUT2D eigenvalue weighted by Crippen LogP contribution is -2.60. The number of aliphatic hydroxyl groups is 3. The molecule has 10 heteroatoms. The molecule has 0 spiro atoms. The number of ether oxygens (including phenoxy) is 2. The van der Waals surface area contributed by atoms with Crippen molar-refractivity contribution in [1.82, 2.24) is 4.57 Å². The molecule has 6 atom stereocenters. The summed E-state index contributed by atoms with van der Waals surface area (Å²) < 4.78 is 11.9. The second kappa shape index (κ2) is 8.23. The van der Waals surface area contributed by atoms with Gasteiger partial charge in [-0.25, -0.2) is 4.79 Å². The molecule has 1 aromatic heterocycles. The molecule has 0 amide bonds. The molecule has 0 radical (unpaired) electrons. The van der Waals surface area contributed by atoms with Gasteiger partial charge in [-0.05, 0) is 18.6 Å². The minimum absolute atomic E-state index is 0.187. The number of rotatable bonds is 5. The number of aliphatic carboxylic acids is 1. The maximum Gasteiger partial charge on any atom is 0.335 e. The lowest BCUT2D eigenvalue weighted by molar-refractivity contribution is -0.286. The van der Waals surface area contributed by atoms with Crippen molar-refractivity contribution in [2.75, 3.05) is 0 Å². The molecule has 1 saturated heterocycles. The van der Waals surface area contributed by atoms with Crippen molar-refractivity contribution < 1.29 is 44.3 Å². The van der Waals surface area contributed by atoms with Crippen LogP contribution in [-0.4, -0.2) is 73.4 Å². The summed E-state index contributed by atoms with van der Waals surface area (Å²) in [4.78, 5) is 36.7. The van der Waals surface area contributed by atoms with Crippen molar-refractivity contribution in [3.05, 3.63) is 59.4 Å². The molecule has 4 rings (SSSR count). The van der Waals surface area contributed by atoms with Crippen LogP contribution < -0.4 is 0 Å². The summed E-state index contributed by atoms with van der Waals surface area (Å²) in [7, 11) is 0. The first-order valence-corrected chi connectivity index (χ1v) is 9.71. The van der Waals surface area contributed by atoms with Crippen LogP contribution in [0.1, 0.15) is 34.1 Å². The van der Waals surface area contributed by atoms with E-state index < -0.39 is 48.6 Å². The molecule has 10 nitrogen and oxygen atoms in total. The SMILES string of the molecule is O=C(c1ccccc1)c1ccc2n1CCC2C(=O)O[C@H]1OC(C(=O)O)[C@H](O)[C@@H](O)[C@H]1O. The predicted molar refractivity (Wildman–Crippen MR) is 102 cm³/mol. The van der Waals surface area contributed by atoms with E-state index in [9.17, 15) is 29.7 Å². The Balaban J connectivity index is 1.50. The molecule has 31 heavy (non-hydrogen) atoms. The Bertz CT molecular complexity index is 1000. The van der Waals surface area contributed by atoms with E-state index in [1.165, 1.54) is 0 Å². The van der Waals surface area contributed by atoms with Crippen LogP contribution in [0.15, 0.2) is 42.5 Å². The fraction of sp³-hybridized carbons (Fsp3) is 0.381. The number of nitrogens with zero attached hydrogens (tertiary/aromatic N) is 1. The van der Waals surface area contributed by atoms with Gasteiger partial charge in [0.05, 0.1) is 11.6 Å². The summed E-state index contributed by atoms with van der Waals surface area (Å²) in [6, 6.07) is 12.0. The van der Waals surface area contributed by atoms with E-state index in [0.717, 1.165) is 0 Å². The van der Waals surface area contributed by atoms with Crippen LogP contribution in [-0.2, 0) is 25.6 Å². The Morgan fingerprint density at radius 1 is 0.968 bits per heavy atom. The predicted octanol–water partition coefficient (Wildman–Crippen LogP) is -0.358. The number of aromatic nitrogens is 1. The number of carboxylic acid groups (broad SMARTS) is 1. The summed E-state index contributed by atoms with van der Waals surface area (Å²) in [6.07, 6.45) is -8.86. The number of ketones is 1. The van der Waals surface area contributed by atoms with Crippen LogP contribution in [0, 0.1) is 0 Å². The van der Waals surface area contributed by atoms with E-state index in [2.05, 4.69) is 0 Å². The number of aliphatic hydroxyl groups excluding tert-OH is 3. The topological polar surface area (TPSA) is 156 Å². The zero-order valence-corrected chi connectivity index (χ0v) is 16.2. The molecule has 4 N–H and O–H groups in total. The van der Waals surface area contributed by atoms with Gasteiger partial charge in [-0.2, -0.15) is 0 Å². The number of esters is 1. The number of carboxylic acids is 1.